The number of benzene rings is 1. The van der Waals surface area contributed by atoms with Gasteiger partial charge in [-0.3, -0.25) is 9.78 Å². The zero-order valence-corrected chi connectivity index (χ0v) is 14.2. The molecule has 5 nitrogen and oxygen atoms in total. The fraction of sp³-hybridized carbons (Fsp3) is 0.389. The first-order valence-corrected chi connectivity index (χ1v) is 8.64. The lowest BCUT2D eigenvalue weighted by atomic mass is 9.96. The third-order valence-corrected chi connectivity index (χ3v) is 4.76. The number of hydrogen-bond acceptors (Lipinski definition) is 4. The normalized spacial score (nSPS) is 15.3. The van der Waals surface area contributed by atoms with E-state index in [-0.39, 0.29) is 11.8 Å². The molecule has 0 aliphatic carbocycles. The van der Waals surface area contributed by atoms with Crippen molar-refractivity contribution in [2.24, 2.45) is 5.92 Å². The van der Waals surface area contributed by atoms with Crippen molar-refractivity contribution in [1.29, 1.82) is 0 Å². The van der Waals surface area contributed by atoms with Gasteiger partial charge in [-0.05, 0) is 30.9 Å². The Morgan fingerprint density at radius 2 is 2.04 bits per heavy atom. The van der Waals surface area contributed by atoms with Crippen molar-refractivity contribution in [3.05, 3.63) is 53.4 Å². The molecular formula is C18H21ClN4O. The van der Waals surface area contributed by atoms with Gasteiger partial charge in [0.15, 0.2) is 0 Å². The van der Waals surface area contributed by atoms with Crippen molar-refractivity contribution in [3.63, 3.8) is 0 Å². The van der Waals surface area contributed by atoms with E-state index in [1.54, 1.807) is 18.6 Å². The minimum atomic E-state index is 0.0733. The van der Waals surface area contributed by atoms with Crippen LogP contribution < -0.4 is 10.2 Å². The molecule has 0 spiro atoms. The fourth-order valence-corrected chi connectivity index (χ4v) is 3.22. The summed E-state index contributed by atoms with van der Waals surface area (Å²) in [5.74, 6) is 1.10. The highest BCUT2D eigenvalue weighted by Crippen LogP contribution is 2.21. The summed E-state index contributed by atoms with van der Waals surface area (Å²) in [6.45, 7) is 2.29. The van der Waals surface area contributed by atoms with Gasteiger partial charge < -0.3 is 10.2 Å². The van der Waals surface area contributed by atoms with E-state index in [2.05, 4.69) is 20.2 Å². The molecule has 1 aliphatic heterocycles. The molecule has 6 heteroatoms. The van der Waals surface area contributed by atoms with Crippen LogP contribution in [0.3, 0.4) is 0 Å². The van der Waals surface area contributed by atoms with E-state index in [0.717, 1.165) is 48.8 Å². The summed E-state index contributed by atoms with van der Waals surface area (Å²) in [5, 5.41) is 3.79. The molecule has 1 aromatic carbocycles. The highest BCUT2D eigenvalue weighted by Gasteiger charge is 2.25. The van der Waals surface area contributed by atoms with Gasteiger partial charge >= 0.3 is 0 Å². The molecule has 0 unspecified atom stereocenters. The largest absolute Gasteiger partial charge is 0.356 e. The van der Waals surface area contributed by atoms with E-state index >= 15 is 0 Å². The number of piperidine rings is 1. The third kappa shape index (κ3) is 4.23. The van der Waals surface area contributed by atoms with Crippen LogP contribution in [-0.4, -0.2) is 35.5 Å². The van der Waals surface area contributed by atoms with Crippen molar-refractivity contribution >= 4 is 23.3 Å². The van der Waals surface area contributed by atoms with E-state index in [9.17, 15) is 4.79 Å². The zero-order chi connectivity index (χ0) is 16.8. The molecule has 0 radical (unpaired) electrons. The van der Waals surface area contributed by atoms with Gasteiger partial charge in [-0.25, -0.2) is 4.98 Å². The summed E-state index contributed by atoms with van der Waals surface area (Å²) in [5.41, 5.74) is 1.07. The van der Waals surface area contributed by atoms with Crippen LogP contribution >= 0.6 is 11.6 Å². The Kier molecular flexibility index (Phi) is 5.64. The first-order valence-electron chi connectivity index (χ1n) is 8.26. The van der Waals surface area contributed by atoms with Crippen LogP contribution in [0.2, 0.25) is 5.02 Å². The van der Waals surface area contributed by atoms with Crippen LogP contribution in [0.1, 0.15) is 18.4 Å². The minimum Gasteiger partial charge on any atom is -0.356 e. The van der Waals surface area contributed by atoms with E-state index < -0.39 is 0 Å². The lowest BCUT2D eigenvalue weighted by molar-refractivity contribution is -0.125. The molecule has 2 aromatic rings. The summed E-state index contributed by atoms with van der Waals surface area (Å²) in [6, 6.07) is 7.75. The van der Waals surface area contributed by atoms with E-state index in [1.807, 2.05) is 24.3 Å². The number of aromatic nitrogens is 2. The first-order chi connectivity index (χ1) is 11.7. The molecule has 2 heterocycles. The minimum absolute atomic E-state index is 0.0733. The second-order valence-corrected chi connectivity index (χ2v) is 6.36. The lowest BCUT2D eigenvalue weighted by Gasteiger charge is -2.31. The monoisotopic (exact) mass is 344 g/mol. The summed E-state index contributed by atoms with van der Waals surface area (Å²) in [4.78, 5) is 22.9. The summed E-state index contributed by atoms with van der Waals surface area (Å²) < 4.78 is 0. The number of carbonyl (C=O) groups excluding carboxylic acids is 1. The van der Waals surface area contributed by atoms with Crippen molar-refractivity contribution in [3.8, 4) is 0 Å². The SMILES string of the molecule is O=C(NCCc1ccccc1Cl)C1CCN(c2cnccn2)CC1. The van der Waals surface area contributed by atoms with Crippen molar-refractivity contribution < 1.29 is 4.79 Å². The molecule has 3 rings (SSSR count). The van der Waals surface area contributed by atoms with Gasteiger partial charge in [0.2, 0.25) is 5.91 Å². The Morgan fingerprint density at radius 1 is 1.25 bits per heavy atom. The lowest BCUT2D eigenvalue weighted by Crippen LogP contribution is -2.41. The summed E-state index contributed by atoms with van der Waals surface area (Å²) in [7, 11) is 0. The Hall–Kier alpha value is -2.14. The van der Waals surface area contributed by atoms with Crippen molar-refractivity contribution in [2.45, 2.75) is 19.3 Å². The van der Waals surface area contributed by atoms with E-state index in [4.69, 9.17) is 11.6 Å². The highest BCUT2D eigenvalue weighted by molar-refractivity contribution is 6.31. The van der Waals surface area contributed by atoms with Crippen molar-refractivity contribution in [1.82, 2.24) is 15.3 Å². The summed E-state index contributed by atoms with van der Waals surface area (Å²) in [6.07, 6.45) is 7.57. The molecule has 0 saturated carbocycles. The summed E-state index contributed by atoms with van der Waals surface area (Å²) >= 11 is 6.13. The van der Waals surface area contributed by atoms with Gasteiger partial charge in [-0.15, -0.1) is 0 Å². The van der Waals surface area contributed by atoms with Gasteiger partial charge in [0.1, 0.15) is 5.82 Å². The number of anilines is 1. The Morgan fingerprint density at radius 3 is 2.75 bits per heavy atom. The Labute approximate surface area is 147 Å². The van der Waals surface area contributed by atoms with Crippen LogP contribution in [0.25, 0.3) is 0 Å². The van der Waals surface area contributed by atoms with Gasteiger partial charge in [-0.1, -0.05) is 29.8 Å². The maximum absolute atomic E-state index is 12.3. The fourth-order valence-electron chi connectivity index (χ4n) is 2.99. The molecule has 0 atom stereocenters. The number of amides is 1. The maximum atomic E-state index is 12.3. The average Bonchev–Trinajstić information content (AvgIpc) is 2.64. The number of hydrogen-bond donors (Lipinski definition) is 1. The number of rotatable bonds is 5. The molecular weight excluding hydrogens is 324 g/mol. The Bertz CT molecular complexity index is 672. The van der Waals surface area contributed by atoms with Crippen LogP contribution in [-0.2, 0) is 11.2 Å². The standard InChI is InChI=1S/C18H21ClN4O/c19-16-4-2-1-3-14(16)5-8-22-18(24)15-6-11-23(12-7-15)17-13-20-9-10-21-17/h1-4,9-10,13,15H,5-8,11-12H2,(H,22,24). The molecule has 1 aromatic heterocycles. The number of nitrogens with one attached hydrogen (secondary N) is 1. The van der Waals surface area contributed by atoms with Gasteiger partial charge in [0.25, 0.3) is 0 Å². The molecule has 1 fully saturated rings. The molecule has 1 saturated heterocycles. The van der Waals surface area contributed by atoms with Gasteiger partial charge in [0, 0.05) is 43.0 Å². The van der Waals surface area contributed by atoms with Crippen LogP contribution in [0, 0.1) is 5.92 Å². The van der Waals surface area contributed by atoms with Gasteiger partial charge in [-0.2, -0.15) is 0 Å². The third-order valence-electron chi connectivity index (χ3n) is 4.39. The van der Waals surface area contributed by atoms with Crippen LogP contribution in [0.5, 0.6) is 0 Å². The molecule has 1 aliphatic rings. The quantitative estimate of drug-likeness (QED) is 0.906. The van der Waals surface area contributed by atoms with E-state index in [0.29, 0.717) is 6.54 Å². The van der Waals surface area contributed by atoms with Crippen LogP contribution in [0.4, 0.5) is 5.82 Å². The van der Waals surface area contributed by atoms with E-state index in [1.165, 1.54) is 0 Å². The molecule has 1 N–H and O–H groups in total. The second kappa shape index (κ2) is 8.11. The average molecular weight is 345 g/mol. The number of nitrogens with zero attached hydrogens (tertiary/aromatic N) is 3. The highest BCUT2D eigenvalue weighted by atomic mass is 35.5. The number of halogens is 1. The predicted molar refractivity (Wildman–Crippen MR) is 95.1 cm³/mol. The zero-order valence-electron chi connectivity index (χ0n) is 13.5. The first kappa shape index (κ1) is 16.7. The molecule has 24 heavy (non-hydrogen) atoms. The van der Waals surface area contributed by atoms with Crippen LogP contribution in [0.15, 0.2) is 42.9 Å². The number of carbonyl (C=O) groups is 1. The predicted octanol–water partition coefficient (Wildman–Crippen LogP) is 2.71. The second-order valence-electron chi connectivity index (χ2n) is 5.96. The molecule has 126 valence electrons. The smallest absolute Gasteiger partial charge is 0.223 e. The Balaban J connectivity index is 1.43. The molecule has 0 bridgehead atoms. The molecule has 1 amide bonds. The van der Waals surface area contributed by atoms with Gasteiger partial charge in [0.05, 0.1) is 6.20 Å². The topological polar surface area (TPSA) is 58.1 Å². The maximum Gasteiger partial charge on any atom is 0.223 e. The van der Waals surface area contributed by atoms with Crippen molar-refractivity contribution in [2.75, 3.05) is 24.5 Å².